The van der Waals surface area contributed by atoms with Crippen LogP contribution in [0.2, 0.25) is 0 Å². The first-order valence-corrected chi connectivity index (χ1v) is 9.96. The van der Waals surface area contributed by atoms with E-state index < -0.39 is 0 Å². The van der Waals surface area contributed by atoms with E-state index in [2.05, 4.69) is 22.8 Å². The predicted molar refractivity (Wildman–Crippen MR) is 111 cm³/mol. The van der Waals surface area contributed by atoms with E-state index in [-0.39, 0.29) is 11.8 Å². The first-order valence-electron chi connectivity index (χ1n) is 9.96. The van der Waals surface area contributed by atoms with Crippen LogP contribution in [0.1, 0.15) is 36.5 Å². The number of carbonyl (C=O) groups is 1. The summed E-state index contributed by atoms with van der Waals surface area (Å²) in [4.78, 5) is 17.9. The van der Waals surface area contributed by atoms with Gasteiger partial charge in [0.2, 0.25) is 0 Å². The van der Waals surface area contributed by atoms with Crippen LogP contribution in [-0.4, -0.2) is 50.0 Å². The summed E-state index contributed by atoms with van der Waals surface area (Å²) in [6.45, 7) is 5.79. The number of ether oxygens (including phenoxy) is 1. The third-order valence-corrected chi connectivity index (χ3v) is 5.37. The molecule has 0 spiro atoms. The fourth-order valence-corrected chi connectivity index (χ4v) is 3.84. The van der Waals surface area contributed by atoms with E-state index in [4.69, 9.17) is 4.74 Å². The topological polar surface area (TPSA) is 32.8 Å². The Bertz CT molecular complexity index is 724. The standard InChI is InChI=1S/C23H30N2O2/c1-3-4-12-21(23(26)19-10-6-5-7-11-19)25-17-15-24(16-18-25)20-13-8-9-14-22(20)27-2/h5-11,13-14,21H,3-4,12,15-18H2,1-2H3. The highest BCUT2D eigenvalue weighted by Crippen LogP contribution is 2.29. The quantitative estimate of drug-likeness (QED) is 0.654. The molecule has 0 aliphatic carbocycles. The molecule has 0 saturated carbocycles. The number of para-hydroxylation sites is 2. The van der Waals surface area contributed by atoms with Gasteiger partial charge >= 0.3 is 0 Å². The van der Waals surface area contributed by atoms with Crippen molar-refractivity contribution in [3.8, 4) is 5.75 Å². The number of unbranched alkanes of at least 4 members (excludes halogenated alkanes) is 1. The number of carbonyl (C=O) groups excluding carboxylic acids is 1. The van der Waals surface area contributed by atoms with Crippen molar-refractivity contribution in [3.63, 3.8) is 0 Å². The van der Waals surface area contributed by atoms with E-state index >= 15 is 0 Å². The molecule has 4 nitrogen and oxygen atoms in total. The van der Waals surface area contributed by atoms with Crippen molar-refractivity contribution in [1.82, 2.24) is 4.90 Å². The number of piperazine rings is 1. The number of hydrogen-bond acceptors (Lipinski definition) is 4. The van der Waals surface area contributed by atoms with E-state index in [9.17, 15) is 4.79 Å². The van der Waals surface area contributed by atoms with Crippen LogP contribution in [0.5, 0.6) is 5.75 Å². The molecule has 3 rings (SSSR count). The number of ketones is 1. The van der Waals surface area contributed by atoms with Gasteiger partial charge in [-0.05, 0) is 18.6 Å². The summed E-state index contributed by atoms with van der Waals surface area (Å²) in [6.07, 6.45) is 3.12. The van der Waals surface area contributed by atoms with Gasteiger partial charge in [-0.15, -0.1) is 0 Å². The smallest absolute Gasteiger partial charge is 0.179 e. The molecule has 0 aromatic heterocycles. The Balaban J connectivity index is 1.70. The first-order chi connectivity index (χ1) is 13.2. The lowest BCUT2D eigenvalue weighted by atomic mass is 9.97. The van der Waals surface area contributed by atoms with Gasteiger partial charge < -0.3 is 9.64 Å². The molecule has 1 unspecified atom stereocenters. The lowest BCUT2D eigenvalue weighted by Crippen LogP contribution is -2.52. The third-order valence-electron chi connectivity index (χ3n) is 5.37. The van der Waals surface area contributed by atoms with Crippen molar-refractivity contribution < 1.29 is 9.53 Å². The maximum absolute atomic E-state index is 13.1. The van der Waals surface area contributed by atoms with E-state index in [1.807, 2.05) is 48.5 Å². The van der Waals surface area contributed by atoms with Gasteiger partial charge in [-0.2, -0.15) is 0 Å². The van der Waals surface area contributed by atoms with E-state index in [0.717, 1.165) is 62.4 Å². The van der Waals surface area contributed by atoms with Crippen molar-refractivity contribution in [2.45, 2.75) is 32.2 Å². The molecule has 0 radical (unpaired) electrons. The van der Waals surface area contributed by atoms with Crippen LogP contribution < -0.4 is 9.64 Å². The molecule has 4 heteroatoms. The number of hydrogen-bond donors (Lipinski definition) is 0. The molecule has 144 valence electrons. The number of rotatable bonds is 8. The van der Waals surface area contributed by atoms with Gasteiger partial charge in [0.25, 0.3) is 0 Å². The molecule has 1 fully saturated rings. The maximum atomic E-state index is 13.1. The number of nitrogens with zero attached hydrogens (tertiary/aromatic N) is 2. The minimum absolute atomic E-state index is 0.0211. The van der Waals surface area contributed by atoms with Gasteiger partial charge in [0, 0.05) is 31.7 Å². The van der Waals surface area contributed by atoms with Crippen molar-refractivity contribution in [1.29, 1.82) is 0 Å². The highest BCUT2D eigenvalue weighted by molar-refractivity contribution is 6.00. The molecule has 1 aliphatic heterocycles. The van der Waals surface area contributed by atoms with Crippen LogP contribution in [-0.2, 0) is 0 Å². The molecule has 0 N–H and O–H groups in total. The summed E-state index contributed by atoms with van der Waals surface area (Å²) in [6, 6.07) is 17.9. The van der Waals surface area contributed by atoms with Crippen LogP contribution in [0.15, 0.2) is 54.6 Å². The van der Waals surface area contributed by atoms with E-state index in [1.165, 1.54) is 0 Å². The van der Waals surface area contributed by atoms with Crippen LogP contribution in [0.4, 0.5) is 5.69 Å². The number of benzene rings is 2. The minimum atomic E-state index is -0.0211. The third kappa shape index (κ3) is 4.69. The summed E-state index contributed by atoms with van der Waals surface area (Å²) < 4.78 is 5.51. The number of anilines is 1. The average molecular weight is 367 g/mol. The largest absolute Gasteiger partial charge is 0.495 e. The van der Waals surface area contributed by atoms with E-state index in [1.54, 1.807) is 7.11 Å². The second-order valence-corrected chi connectivity index (χ2v) is 7.08. The zero-order valence-corrected chi connectivity index (χ0v) is 16.4. The highest BCUT2D eigenvalue weighted by Gasteiger charge is 2.29. The second kappa shape index (κ2) is 9.56. The van der Waals surface area contributed by atoms with Gasteiger partial charge in [-0.1, -0.05) is 62.2 Å². The van der Waals surface area contributed by atoms with Crippen LogP contribution in [0.3, 0.4) is 0 Å². The Labute approximate surface area is 162 Å². The molecule has 1 saturated heterocycles. The Morgan fingerprint density at radius 2 is 1.67 bits per heavy atom. The Hall–Kier alpha value is -2.33. The summed E-state index contributed by atoms with van der Waals surface area (Å²) in [5.74, 6) is 1.17. The number of Topliss-reactive ketones (excluding diaryl/α,β-unsaturated/α-hetero) is 1. The molecule has 0 amide bonds. The van der Waals surface area contributed by atoms with Gasteiger partial charge in [0.1, 0.15) is 5.75 Å². The van der Waals surface area contributed by atoms with Crippen LogP contribution in [0.25, 0.3) is 0 Å². The minimum Gasteiger partial charge on any atom is -0.495 e. The number of methoxy groups -OCH3 is 1. The molecular weight excluding hydrogens is 336 g/mol. The van der Waals surface area contributed by atoms with Gasteiger partial charge in [-0.25, -0.2) is 0 Å². The Kier molecular flexibility index (Phi) is 6.88. The molecule has 2 aromatic rings. The van der Waals surface area contributed by atoms with Crippen molar-refractivity contribution >= 4 is 11.5 Å². The lowest BCUT2D eigenvalue weighted by Gasteiger charge is -2.40. The zero-order chi connectivity index (χ0) is 19.1. The van der Waals surface area contributed by atoms with Crippen molar-refractivity contribution in [2.75, 3.05) is 38.2 Å². The summed E-state index contributed by atoms with van der Waals surface area (Å²) in [5.41, 5.74) is 1.96. The van der Waals surface area contributed by atoms with Gasteiger partial charge in [0.15, 0.2) is 5.78 Å². The molecule has 0 bridgehead atoms. The Morgan fingerprint density at radius 1 is 1.00 bits per heavy atom. The van der Waals surface area contributed by atoms with Crippen LogP contribution >= 0.6 is 0 Å². The molecule has 1 heterocycles. The lowest BCUT2D eigenvalue weighted by molar-refractivity contribution is 0.0790. The van der Waals surface area contributed by atoms with E-state index in [0.29, 0.717) is 0 Å². The zero-order valence-electron chi connectivity index (χ0n) is 16.4. The van der Waals surface area contributed by atoms with Gasteiger partial charge in [0.05, 0.1) is 18.8 Å². The monoisotopic (exact) mass is 366 g/mol. The molecule has 2 aromatic carbocycles. The highest BCUT2D eigenvalue weighted by atomic mass is 16.5. The SMILES string of the molecule is CCCCC(C(=O)c1ccccc1)N1CCN(c2ccccc2OC)CC1. The van der Waals surface area contributed by atoms with Crippen LogP contribution in [0, 0.1) is 0 Å². The fourth-order valence-electron chi connectivity index (χ4n) is 3.84. The summed E-state index contributed by atoms with van der Waals surface area (Å²) >= 11 is 0. The van der Waals surface area contributed by atoms with Crippen molar-refractivity contribution in [2.24, 2.45) is 0 Å². The first kappa shape index (κ1) is 19.4. The average Bonchev–Trinajstić information content (AvgIpc) is 2.75. The molecule has 1 atom stereocenters. The summed E-state index contributed by atoms with van der Waals surface area (Å²) in [7, 11) is 1.72. The summed E-state index contributed by atoms with van der Waals surface area (Å²) in [5, 5.41) is 0. The second-order valence-electron chi connectivity index (χ2n) is 7.08. The maximum Gasteiger partial charge on any atom is 0.179 e. The molecule has 1 aliphatic rings. The van der Waals surface area contributed by atoms with Gasteiger partial charge in [-0.3, -0.25) is 9.69 Å². The fraction of sp³-hybridized carbons (Fsp3) is 0.435. The normalized spacial score (nSPS) is 16.1. The predicted octanol–water partition coefficient (Wildman–Crippen LogP) is 4.26. The van der Waals surface area contributed by atoms with Crippen molar-refractivity contribution in [3.05, 3.63) is 60.2 Å². The molecular formula is C23H30N2O2. The molecule has 27 heavy (non-hydrogen) atoms. The Morgan fingerprint density at radius 3 is 2.33 bits per heavy atom.